The van der Waals surface area contributed by atoms with Crippen LogP contribution < -0.4 is 15.0 Å². The summed E-state index contributed by atoms with van der Waals surface area (Å²) in [6, 6.07) is 14.4. The molecular formula is C22H29N3O2. The van der Waals surface area contributed by atoms with E-state index in [1.54, 1.807) is 0 Å². The third-order valence-corrected chi connectivity index (χ3v) is 4.86. The minimum atomic E-state index is -0.114. The third-order valence-electron chi connectivity index (χ3n) is 4.86. The number of nitrogens with zero attached hydrogens (tertiary/aromatic N) is 2. The first-order valence-corrected chi connectivity index (χ1v) is 9.50. The van der Waals surface area contributed by atoms with Gasteiger partial charge in [-0.1, -0.05) is 18.2 Å². The van der Waals surface area contributed by atoms with E-state index in [-0.39, 0.29) is 12.5 Å². The number of hydrogen-bond acceptors (Lipinski definition) is 4. The molecule has 0 aromatic heterocycles. The Morgan fingerprint density at radius 2 is 1.63 bits per heavy atom. The second-order valence-electron chi connectivity index (χ2n) is 7.35. The zero-order valence-corrected chi connectivity index (χ0v) is 16.5. The number of amides is 1. The molecule has 2 aromatic carbocycles. The van der Waals surface area contributed by atoms with Crippen LogP contribution in [-0.2, 0) is 11.3 Å². The number of aryl methyl sites for hydroxylation is 2. The lowest BCUT2D eigenvalue weighted by Crippen LogP contribution is -2.44. The van der Waals surface area contributed by atoms with E-state index in [2.05, 4.69) is 52.5 Å². The SMILES string of the molecule is Cc1cc(C)cc(OCC(=O)NCc2ccc(N3CCN(C)CC3)cc2)c1. The molecule has 1 amide bonds. The standard InChI is InChI=1S/C22H29N3O2/c1-17-12-18(2)14-21(13-17)27-16-22(26)23-15-19-4-6-20(7-5-19)25-10-8-24(3)9-11-25/h4-7,12-14H,8-11,15-16H2,1-3H3,(H,23,26). The van der Waals surface area contributed by atoms with Crippen LogP contribution in [0.5, 0.6) is 5.75 Å². The third kappa shape index (κ3) is 5.73. The predicted molar refractivity (Wildman–Crippen MR) is 109 cm³/mol. The molecule has 0 aliphatic carbocycles. The fourth-order valence-corrected chi connectivity index (χ4v) is 3.31. The lowest BCUT2D eigenvalue weighted by atomic mass is 10.1. The summed E-state index contributed by atoms with van der Waals surface area (Å²) in [5.74, 6) is 0.622. The van der Waals surface area contributed by atoms with Crippen molar-refractivity contribution in [3.63, 3.8) is 0 Å². The molecule has 5 nitrogen and oxygen atoms in total. The quantitative estimate of drug-likeness (QED) is 0.853. The van der Waals surface area contributed by atoms with Crippen molar-refractivity contribution in [2.45, 2.75) is 20.4 Å². The van der Waals surface area contributed by atoms with E-state index in [1.165, 1.54) is 5.69 Å². The molecule has 0 unspecified atom stereocenters. The molecule has 2 aromatic rings. The summed E-state index contributed by atoms with van der Waals surface area (Å²) in [5.41, 5.74) is 4.60. The van der Waals surface area contributed by atoms with Crippen LogP contribution in [0.2, 0.25) is 0 Å². The summed E-state index contributed by atoms with van der Waals surface area (Å²) in [5, 5.41) is 2.92. The molecule has 0 atom stereocenters. The number of anilines is 1. The van der Waals surface area contributed by atoms with E-state index in [4.69, 9.17) is 4.74 Å². The molecule has 0 bridgehead atoms. The predicted octanol–water partition coefficient (Wildman–Crippen LogP) is 2.75. The number of likely N-dealkylation sites (N-methyl/N-ethyl adjacent to an activating group) is 1. The maximum Gasteiger partial charge on any atom is 0.258 e. The maximum absolute atomic E-state index is 12.1. The molecule has 1 fully saturated rings. The molecule has 1 saturated heterocycles. The molecular weight excluding hydrogens is 338 g/mol. The number of carbonyl (C=O) groups excluding carboxylic acids is 1. The van der Waals surface area contributed by atoms with Crippen LogP contribution in [-0.4, -0.2) is 50.6 Å². The summed E-state index contributed by atoms with van der Waals surface area (Å²) in [6.45, 7) is 8.89. The van der Waals surface area contributed by atoms with Gasteiger partial charge >= 0.3 is 0 Å². The first-order valence-electron chi connectivity index (χ1n) is 9.50. The van der Waals surface area contributed by atoms with E-state index < -0.39 is 0 Å². The van der Waals surface area contributed by atoms with Crippen LogP contribution in [0, 0.1) is 13.8 Å². The molecule has 3 rings (SSSR count). The summed E-state index contributed by atoms with van der Waals surface area (Å²) in [7, 11) is 2.16. The summed E-state index contributed by atoms with van der Waals surface area (Å²) in [6.07, 6.45) is 0. The Morgan fingerprint density at radius 3 is 2.26 bits per heavy atom. The topological polar surface area (TPSA) is 44.8 Å². The molecule has 0 spiro atoms. The molecule has 27 heavy (non-hydrogen) atoms. The van der Waals surface area contributed by atoms with Crippen molar-refractivity contribution < 1.29 is 9.53 Å². The van der Waals surface area contributed by atoms with Crippen LogP contribution in [0.25, 0.3) is 0 Å². The highest BCUT2D eigenvalue weighted by atomic mass is 16.5. The maximum atomic E-state index is 12.1. The molecule has 1 aliphatic heterocycles. The molecule has 1 aliphatic rings. The monoisotopic (exact) mass is 367 g/mol. The number of carbonyl (C=O) groups is 1. The Labute approximate surface area is 161 Å². The van der Waals surface area contributed by atoms with Gasteiger partial charge < -0.3 is 19.9 Å². The van der Waals surface area contributed by atoms with Crippen molar-refractivity contribution in [3.8, 4) is 5.75 Å². The Morgan fingerprint density at radius 1 is 1.00 bits per heavy atom. The summed E-state index contributed by atoms with van der Waals surface area (Å²) >= 11 is 0. The summed E-state index contributed by atoms with van der Waals surface area (Å²) in [4.78, 5) is 16.8. The summed E-state index contributed by atoms with van der Waals surface area (Å²) < 4.78 is 5.60. The number of benzene rings is 2. The van der Waals surface area contributed by atoms with Gasteiger partial charge in [0.05, 0.1) is 0 Å². The van der Waals surface area contributed by atoms with Gasteiger partial charge in [0, 0.05) is 38.4 Å². The van der Waals surface area contributed by atoms with Crippen LogP contribution in [0.15, 0.2) is 42.5 Å². The zero-order valence-electron chi connectivity index (χ0n) is 16.5. The number of rotatable bonds is 6. The molecule has 1 heterocycles. The van der Waals surface area contributed by atoms with Crippen molar-refractivity contribution in [2.75, 3.05) is 44.7 Å². The molecule has 1 N–H and O–H groups in total. The van der Waals surface area contributed by atoms with Crippen LogP contribution in [0.3, 0.4) is 0 Å². The Bertz CT molecular complexity index is 745. The van der Waals surface area contributed by atoms with E-state index in [9.17, 15) is 4.79 Å². The van der Waals surface area contributed by atoms with Gasteiger partial charge in [-0.25, -0.2) is 0 Å². The smallest absolute Gasteiger partial charge is 0.258 e. The Hall–Kier alpha value is -2.53. The van der Waals surface area contributed by atoms with Crippen molar-refractivity contribution in [1.29, 1.82) is 0 Å². The van der Waals surface area contributed by atoms with Crippen LogP contribution in [0.1, 0.15) is 16.7 Å². The van der Waals surface area contributed by atoms with Gasteiger partial charge in [0.15, 0.2) is 6.61 Å². The van der Waals surface area contributed by atoms with E-state index in [0.717, 1.165) is 48.6 Å². The fraction of sp³-hybridized carbons (Fsp3) is 0.409. The Kier molecular flexibility index (Phi) is 6.35. The second kappa shape index (κ2) is 8.91. The first kappa shape index (κ1) is 19.2. The Balaban J connectivity index is 1.44. The zero-order chi connectivity index (χ0) is 19.2. The molecule has 0 radical (unpaired) electrons. The van der Waals surface area contributed by atoms with Crippen molar-refractivity contribution in [3.05, 3.63) is 59.2 Å². The highest BCUT2D eigenvalue weighted by Gasteiger charge is 2.14. The minimum Gasteiger partial charge on any atom is -0.484 e. The van der Waals surface area contributed by atoms with Gasteiger partial charge in [0.25, 0.3) is 5.91 Å². The largest absolute Gasteiger partial charge is 0.484 e. The van der Waals surface area contributed by atoms with Gasteiger partial charge in [0.1, 0.15) is 5.75 Å². The van der Waals surface area contributed by atoms with Gasteiger partial charge in [0.2, 0.25) is 0 Å². The van der Waals surface area contributed by atoms with Gasteiger partial charge in [-0.05, 0) is 61.9 Å². The van der Waals surface area contributed by atoms with Crippen molar-refractivity contribution in [2.24, 2.45) is 0 Å². The highest BCUT2D eigenvalue weighted by Crippen LogP contribution is 2.17. The highest BCUT2D eigenvalue weighted by molar-refractivity contribution is 5.77. The first-order chi connectivity index (χ1) is 13.0. The van der Waals surface area contributed by atoms with Crippen LogP contribution >= 0.6 is 0 Å². The molecule has 144 valence electrons. The molecule has 5 heteroatoms. The average Bonchev–Trinajstić information content (AvgIpc) is 2.65. The van der Waals surface area contributed by atoms with Crippen molar-refractivity contribution >= 4 is 11.6 Å². The minimum absolute atomic E-state index is 0.0300. The molecule has 0 saturated carbocycles. The van der Waals surface area contributed by atoms with Gasteiger partial charge in [-0.3, -0.25) is 4.79 Å². The lowest BCUT2D eigenvalue weighted by molar-refractivity contribution is -0.123. The van der Waals surface area contributed by atoms with E-state index >= 15 is 0 Å². The number of piperazine rings is 1. The normalized spacial score (nSPS) is 14.9. The van der Waals surface area contributed by atoms with E-state index in [1.807, 2.05) is 26.0 Å². The lowest BCUT2D eigenvalue weighted by Gasteiger charge is -2.34. The number of nitrogens with one attached hydrogen (secondary N) is 1. The number of hydrogen-bond donors (Lipinski definition) is 1. The van der Waals surface area contributed by atoms with Gasteiger partial charge in [-0.2, -0.15) is 0 Å². The van der Waals surface area contributed by atoms with E-state index in [0.29, 0.717) is 6.54 Å². The van der Waals surface area contributed by atoms with Crippen molar-refractivity contribution in [1.82, 2.24) is 10.2 Å². The fourth-order valence-electron chi connectivity index (χ4n) is 3.31. The van der Waals surface area contributed by atoms with Crippen LogP contribution in [0.4, 0.5) is 5.69 Å². The van der Waals surface area contributed by atoms with Gasteiger partial charge in [-0.15, -0.1) is 0 Å². The average molecular weight is 367 g/mol. The second-order valence-corrected chi connectivity index (χ2v) is 7.35. The number of ether oxygens (including phenoxy) is 1.